The van der Waals surface area contributed by atoms with Gasteiger partial charge < -0.3 is 15.5 Å². The van der Waals surface area contributed by atoms with E-state index in [2.05, 4.69) is 39.3 Å². The fourth-order valence-corrected chi connectivity index (χ4v) is 1.85. The van der Waals surface area contributed by atoms with Crippen LogP contribution in [0, 0.1) is 0 Å². The minimum Gasteiger partial charge on any atom is -0.367 e. The quantitative estimate of drug-likeness (QED) is 0.760. The van der Waals surface area contributed by atoms with Crippen LogP contribution in [-0.2, 0) is 0 Å². The average Bonchev–Trinajstić information content (AvgIpc) is 2.39. The van der Waals surface area contributed by atoms with Crippen LogP contribution in [0.3, 0.4) is 0 Å². The van der Waals surface area contributed by atoms with E-state index in [1.54, 1.807) is 13.2 Å². The molecule has 1 aromatic rings. The summed E-state index contributed by atoms with van der Waals surface area (Å²) >= 11 is 6.03. The molecule has 5 nitrogen and oxygen atoms in total. The Kier molecular flexibility index (Phi) is 6.75. The number of rotatable bonds is 8. The van der Waals surface area contributed by atoms with E-state index in [1.165, 1.54) is 6.42 Å². The maximum Gasteiger partial charge on any atom is 0.224 e. The number of likely N-dealkylation sites (N-methyl/N-ethyl adjacent to an activating group) is 1. The van der Waals surface area contributed by atoms with Gasteiger partial charge in [0.15, 0.2) is 5.82 Å². The highest BCUT2D eigenvalue weighted by molar-refractivity contribution is 6.32. The van der Waals surface area contributed by atoms with Crippen molar-refractivity contribution in [2.75, 3.05) is 43.9 Å². The average molecular weight is 272 g/mol. The maximum atomic E-state index is 6.03. The summed E-state index contributed by atoms with van der Waals surface area (Å²) in [5, 5.41) is 6.69. The van der Waals surface area contributed by atoms with Crippen LogP contribution in [0.4, 0.5) is 11.8 Å². The number of nitrogens with zero attached hydrogens (tertiary/aromatic N) is 3. The molecule has 0 saturated heterocycles. The van der Waals surface area contributed by atoms with Gasteiger partial charge in [0.1, 0.15) is 5.02 Å². The molecule has 1 rings (SSSR count). The molecular formula is C12H22ClN5. The van der Waals surface area contributed by atoms with Gasteiger partial charge in [-0.3, -0.25) is 0 Å². The molecule has 1 heterocycles. The van der Waals surface area contributed by atoms with Gasteiger partial charge in [-0.15, -0.1) is 0 Å². The summed E-state index contributed by atoms with van der Waals surface area (Å²) in [6.07, 6.45) is 2.78. The molecule has 0 aliphatic carbocycles. The Labute approximate surface area is 114 Å². The maximum absolute atomic E-state index is 6.03. The van der Waals surface area contributed by atoms with Crippen molar-refractivity contribution in [1.82, 2.24) is 14.9 Å². The largest absolute Gasteiger partial charge is 0.367 e. The predicted molar refractivity (Wildman–Crippen MR) is 77.5 cm³/mol. The van der Waals surface area contributed by atoms with Crippen molar-refractivity contribution >= 4 is 23.4 Å². The number of aromatic nitrogens is 2. The van der Waals surface area contributed by atoms with E-state index >= 15 is 0 Å². The molecule has 0 saturated carbocycles. The zero-order valence-electron chi connectivity index (χ0n) is 11.3. The third kappa shape index (κ3) is 4.66. The van der Waals surface area contributed by atoms with Crippen molar-refractivity contribution in [3.63, 3.8) is 0 Å². The molecule has 102 valence electrons. The molecule has 6 heteroatoms. The van der Waals surface area contributed by atoms with Crippen LogP contribution in [0.15, 0.2) is 6.20 Å². The summed E-state index contributed by atoms with van der Waals surface area (Å²) in [4.78, 5) is 10.7. The lowest BCUT2D eigenvalue weighted by Crippen LogP contribution is -2.29. The second kappa shape index (κ2) is 8.11. The van der Waals surface area contributed by atoms with E-state index in [0.29, 0.717) is 16.8 Å². The minimum atomic E-state index is 0.549. The standard InChI is InChI=1S/C12H22ClN5/c1-4-7-18(5-2)8-6-15-11-10(13)9-16-12(14-3)17-11/h9H,4-8H2,1-3H3,(H2,14,15,16,17). The van der Waals surface area contributed by atoms with Crippen LogP contribution in [-0.4, -0.2) is 48.1 Å². The van der Waals surface area contributed by atoms with Crippen molar-refractivity contribution in [1.29, 1.82) is 0 Å². The number of halogens is 1. The van der Waals surface area contributed by atoms with Gasteiger partial charge in [-0.2, -0.15) is 4.98 Å². The van der Waals surface area contributed by atoms with Crippen LogP contribution in [0.2, 0.25) is 5.02 Å². The van der Waals surface area contributed by atoms with Crippen LogP contribution in [0.1, 0.15) is 20.3 Å². The Hall–Kier alpha value is -1.07. The molecule has 0 atom stereocenters. The van der Waals surface area contributed by atoms with Gasteiger partial charge in [0, 0.05) is 20.1 Å². The Balaban J connectivity index is 2.47. The van der Waals surface area contributed by atoms with Crippen LogP contribution in [0.25, 0.3) is 0 Å². The van der Waals surface area contributed by atoms with Crippen LogP contribution >= 0.6 is 11.6 Å². The highest BCUT2D eigenvalue weighted by Gasteiger charge is 2.05. The first-order valence-corrected chi connectivity index (χ1v) is 6.75. The Morgan fingerprint density at radius 3 is 2.72 bits per heavy atom. The summed E-state index contributed by atoms with van der Waals surface area (Å²) in [5.74, 6) is 1.26. The van der Waals surface area contributed by atoms with E-state index in [-0.39, 0.29) is 0 Å². The van der Waals surface area contributed by atoms with E-state index in [9.17, 15) is 0 Å². The van der Waals surface area contributed by atoms with Gasteiger partial charge in [-0.1, -0.05) is 25.4 Å². The zero-order chi connectivity index (χ0) is 13.4. The number of hydrogen-bond acceptors (Lipinski definition) is 5. The molecule has 0 fully saturated rings. The molecule has 0 spiro atoms. The Bertz CT molecular complexity index is 358. The van der Waals surface area contributed by atoms with Gasteiger partial charge in [0.2, 0.25) is 5.95 Å². The topological polar surface area (TPSA) is 53.1 Å². The van der Waals surface area contributed by atoms with Crippen molar-refractivity contribution in [3.05, 3.63) is 11.2 Å². The molecule has 0 radical (unpaired) electrons. The first-order chi connectivity index (χ1) is 8.71. The lowest BCUT2D eigenvalue weighted by molar-refractivity contribution is 0.300. The van der Waals surface area contributed by atoms with Crippen molar-refractivity contribution < 1.29 is 0 Å². The SMILES string of the molecule is CCCN(CC)CCNc1nc(NC)ncc1Cl. The van der Waals surface area contributed by atoms with Gasteiger partial charge in [0.25, 0.3) is 0 Å². The molecule has 0 bridgehead atoms. The van der Waals surface area contributed by atoms with Crippen molar-refractivity contribution in [3.8, 4) is 0 Å². The highest BCUT2D eigenvalue weighted by Crippen LogP contribution is 2.18. The Morgan fingerprint density at radius 1 is 1.33 bits per heavy atom. The van der Waals surface area contributed by atoms with E-state index < -0.39 is 0 Å². The van der Waals surface area contributed by atoms with Crippen molar-refractivity contribution in [2.24, 2.45) is 0 Å². The molecule has 0 amide bonds. The number of hydrogen-bond donors (Lipinski definition) is 2. The first kappa shape index (κ1) is 15.0. The number of anilines is 2. The van der Waals surface area contributed by atoms with Crippen LogP contribution in [0.5, 0.6) is 0 Å². The van der Waals surface area contributed by atoms with Crippen molar-refractivity contribution in [2.45, 2.75) is 20.3 Å². The summed E-state index contributed by atoms with van der Waals surface area (Å²) in [7, 11) is 1.78. The summed E-state index contributed by atoms with van der Waals surface area (Å²) in [6.45, 7) is 8.36. The van der Waals surface area contributed by atoms with Gasteiger partial charge in [-0.05, 0) is 19.5 Å². The fourth-order valence-electron chi connectivity index (χ4n) is 1.69. The second-order valence-corrected chi connectivity index (χ2v) is 4.41. The molecule has 18 heavy (non-hydrogen) atoms. The van der Waals surface area contributed by atoms with Gasteiger partial charge in [0.05, 0.1) is 6.20 Å². The van der Waals surface area contributed by atoms with E-state index in [4.69, 9.17) is 11.6 Å². The molecule has 0 aromatic carbocycles. The monoisotopic (exact) mass is 271 g/mol. The summed E-state index contributed by atoms with van der Waals surface area (Å²) < 4.78 is 0. The highest BCUT2D eigenvalue weighted by atomic mass is 35.5. The van der Waals surface area contributed by atoms with E-state index in [1.807, 2.05) is 0 Å². The Morgan fingerprint density at radius 2 is 2.11 bits per heavy atom. The zero-order valence-corrected chi connectivity index (χ0v) is 12.1. The molecule has 1 aromatic heterocycles. The smallest absolute Gasteiger partial charge is 0.224 e. The normalized spacial score (nSPS) is 10.7. The molecule has 2 N–H and O–H groups in total. The van der Waals surface area contributed by atoms with Crippen LogP contribution < -0.4 is 10.6 Å². The van der Waals surface area contributed by atoms with Gasteiger partial charge in [-0.25, -0.2) is 4.98 Å². The third-order valence-electron chi connectivity index (χ3n) is 2.68. The fraction of sp³-hybridized carbons (Fsp3) is 0.667. The number of nitrogens with one attached hydrogen (secondary N) is 2. The van der Waals surface area contributed by atoms with E-state index in [0.717, 1.165) is 26.2 Å². The molecule has 0 aliphatic heterocycles. The first-order valence-electron chi connectivity index (χ1n) is 6.37. The lowest BCUT2D eigenvalue weighted by atomic mass is 10.4. The molecular weight excluding hydrogens is 250 g/mol. The second-order valence-electron chi connectivity index (χ2n) is 4.00. The predicted octanol–water partition coefficient (Wildman–Crippen LogP) is 2.32. The summed E-state index contributed by atoms with van der Waals surface area (Å²) in [5.41, 5.74) is 0. The molecule has 0 aliphatic rings. The summed E-state index contributed by atoms with van der Waals surface area (Å²) in [6, 6.07) is 0. The van der Waals surface area contributed by atoms with Gasteiger partial charge >= 0.3 is 0 Å². The molecule has 0 unspecified atom stereocenters. The minimum absolute atomic E-state index is 0.549. The third-order valence-corrected chi connectivity index (χ3v) is 2.95. The lowest BCUT2D eigenvalue weighted by Gasteiger charge is -2.19.